The topological polar surface area (TPSA) is 48.2 Å². The molecule has 0 aromatic carbocycles. The standard InChI is InChI=1S/C18H17F5N2O2/c1-10(2)6-12(18(21,22)23)7-14-11(3)27-17(25-14)13-4-5-24-8-15(13)26-9-16(19)20/h4-8,16H,9H2,1-3H3/b12-7+. The number of aryl methyl sites for hydroxylation is 1. The molecule has 0 amide bonds. The number of hydrogen-bond donors (Lipinski definition) is 0. The third kappa shape index (κ3) is 5.63. The van der Waals surface area contributed by atoms with E-state index in [0.29, 0.717) is 5.57 Å². The minimum absolute atomic E-state index is 0.00470. The Balaban J connectivity index is 2.45. The van der Waals surface area contributed by atoms with Crippen molar-refractivity contribution >= 4 is 6.08 Å². The molecule has 0 aliphatic rings. The number of nitrogens with zero attached hydrogens (tertiary/aromatic N) is 2. The molecule has 0 aliphatic carbocycles. The van der Waals surface area contributed by atoms with Gasteiger partial charge in [-0.2, -0.15) is 13.2 Å². The van der Waals surface area contributed by atoms with Gasteiger partial charge in [-0.25, -0.2) is 13.8 Å². The summed E-state index contributed by atoms with van der Waals surface area (Å²) in [4.78, 5) is 7.84. The molecule has 0 radical (unpaired) electrons. The Labute approximate surface area is 152 Å². The molecule has 2 rings (SSSR count). The van der Waals surface area contributed by atoms with Crippen LogP contribution in [0.2, 0.25) is 0 Å². The number of hydrogen-bond acceptors (Lipinski definition) is 4. The molecule has 2 aromatic rings. The molecule has 0 atom stereocenters. The van der Waals surface area contributed by atoms with Crippen molar-refractivity contribution in [2.75, 3.05) is 6.61 Å². The molecule has 4 nitrogen and oxygen atoms in total. The maximum absolute atomic E-state index is 13.2. The van der Waals surface area contributed by atoms with E-state index in [4.69, 9.17) is 9.15 Å². The van der Waals surface area contributed by atoms with Gasteiger partial charge in [0.25, 0.3) is 6.43 Å². The second kappa shape index (κ2) is 8.32. The predicted molar refractivity (Wildman–Crippen MR) is 89.4 cm³/mol. The first-order chi connectivity index (χ1) is 12.6. The van der Waals surface area contributed by atoms with Crippen molar-refractivity contribution < 1.29 is 31.1 Å². The van der Waals surface area contributed by atoms with Gasteiger partial charge >= 0.3 is 6.18 Å². The second-order valence-electron chi connectivity index (χ2n) is 5.85. The summed E-state index contributed by atoms with van der Waals surface area (Å²) in [6.45, 7) is 3.69. The highest BCUT2D eigenvalue weighted by Gasteiger charge is 2.32. The van der Waals surface area contributed by atoms with Crippen molar-refractivity contribution in [3.63, 3.8) is 0 Å². The van der Waals surface area contributed by atoms with Crippen molar-refractivity contribution in [2.24, 2.45) is 0 Å². The van der Waals surface area contributed by atoms with E-state index in [0.717, 1.165) is 12.2 Å². The molecule has 146 valence electrons. The van der Waals surface area contributed by atoms with Gasteiger partial charge in [0.2, 0.25) is 5.89 Å². The lowest BCUT2D eigenvalue weighted by molar-refractivity contribution is -0.0873. The fraction of sp³-hybridized carbons (Fsp3) is 0.333. The van der Waals surface area contributed by atoms with Gasteiger partial charge in [-0.1, -0.05) is 11.6 Å². The summed E-state index contributed by atoms with van der Waals surface area (Å²) >= 11 is 0. The van der Waals surface area contributed by atoms with E-state index in [-0.39, 0.29) is 28.7 Å². The molecule has 2 heterocycles. The van der Waals surface area contributed by atoms with Crippen LogP contribution in [0.5, 0.6) is 5.75 Å². The molecule has 0 bridgehead atoms. The molecule has 0 aliphatic heterocycles. The Hall–Kier alpha value is -2.71. The number of ether oxygens (including phenoxy) is 1. The van der Waals surface area contributed by atoms with E-state index >= 15 is 0 Å². The van der Waals surface area contributed by atoms with Crippen LogP contribution in [0.4, 0.5) is 22.0 Å². The highest BCUT2D eigenvalue weighted by Crippen LogP contribution is 2.33. The van der Waals surface area contributed by atoms with E-state index < -0.39 is 24.8 Å². The van der Waals surface area contributed by atoms with Crippen LogP contribution in [-0.2, 0) is 0 Å². The Morgan fingerprint density at radius 3 is 2.59 bits per heavy atom. The molecule has 0 fully saturated rings. The summed E-state index contributed by atoms with van der Waals surface area (Å²) in [5, 5.41) is 0. The molecule has 0 spiro atoms. The van der Waals surface area contributed by atoms with Gasteiger partial charge in [0.1, 0.15) is 18.1 Å². The largest absolute Gasteiger partial charge is 0.485 e. The molecule has 0 saturated carbocycles. The van der Waals surface area contributed by atoms with Crippen LogP contribution in [0.25, 0.3) is 17.5 Å². The first kappa shape index (κ1) is 20.6. The summed E-state index contributed by atoms with van der Waals surface area (Å²) in [5.74, 6) is 0.0876. The first-order valence-electron chi connectivity index (χ1n) is 7.84. The van der Waals surface area contributed by atoms with Crippen molar-refractivity contribution in [1.29, 1.82) is 0 Å². The monoisotopic (exact) mass is 388 g/mol. The van der Waals surface area contributed by atoms with E-state index in [1.54, 1.807) is 13.8 Å². The molecule has 27 heavy (non-hydrogen) atoms. The van der Waals surface area contributed by atoms with Crippen molar-refractivity contribution in [3.05, 3.63) is 47.1 Å². The average molecular weight is 388 g/mol. The van der Waals surface area contributed by atoms with Crippen molar-refractivity contribution in [2.45, 2.75) is 33.4 Å². The minimum Gasteiger partial charge on any atom is -0.485 e. The van der Waals surface area contributed by atoms with Crippen LogP contribution in [0.15, 0.2) is 40.1 Å². The maximum atomic E-state index is 13.2. The van der Waals surface area contributed by atoms with Crippen LogP contribution in [-0.4, -0.2) is 29.2 Å². The van der Waals surface area contributed by atoms with Gasteiger partial charge < -0.3 is 9.15 Å². The maximum Gasteiger partial charge on any atom is 0.416 e. The number of oxazole rings is 1. The minimum atomic E-state index is -4.56. The van der Waals surface area contributed by atoms with E-state index in [1.165, 1.54) is 25.4 Å². The van der Waals surface area contributed by atoms with Gasteiger partial charge in [-0.3, -0.25) is 4.98 Å². The zero-order chi connectivity index (χ0) is 20.2. The summed E-state index contributed by atoms with van der Waals surface area (Å²) in [6.07, 6.45) is -2.82. The highest BCUT2D eigenvalue weighted by atomic mass is 19.4. The molecule has 9 heteroatoms. The summed E-state index contributed by atoms with van der Waals surface area (Å²) in [7, 11) is 0. The third-order valence-corrected chi connectivity index (χ3v) is 3.28. The number of pyridine rings is 1. The molecule has 0 N–H and O–H groups in total. The SMILES string of the molecule is CC(C)=C/C(=C\c1nc(-c2ccncc2OCC(F)F)oc1C)C(F)(F)F. The zero-order valence-electron chi connectivity index (χ0n) is 14.8. The first-order valence-corrected chi connectivity index (χ1v) is 7.84. The summed E-state index contributed by atoms with van der Waals surface area (Å²) in [5.41, 5.74) is -0.221. The molecule has 2 aromatic heterocycles. The summed E-state index contributed by atoms with van der Waals surface area (Å²) in [6, 6.07) is 1.42. The molecule has 0 unspecified atom stereocenters. The normalized spacial score (nSPS) is 12.4. The molecular formula is C18H17F5N2O2. The van der Waals surface area contributed by atoms with Crippen LogP contribution < -0.4 is 4.74 Å². The van der Waals surface area contributed by atoms with E-state index in [2.05, 4.69) is 9.97 Å². The number of aromatic nitrogens is 2. The molecule has 0 saturated heterocycles. The number of halogens is 5. The van der Waals surface area contributed by atoms with Gasteiger partial charge in [0.15, 0.2) is 5.75 Å². The second-order valence-corrected chi connectivity index (χ2v) is 5.85. The lowest BCUT2D eigenvalue weighted by atomic mass is 10.1. The van der Waals surface area contributed by atoms with Gasteiger partial charge in [-0.05, 0) is 32.9 Å². The Morgan fingerprint density at radius 1 is 1.30 bits per heavy atom. The number of rotatable bonds is 6. The van der Waals surface area contributed by atoms with Crippen LogP contribution >= 0.6 is 0 Å². The fourth-order valence-corrected chi connectivity index (χ4v) is 2.15. The van der Waals surface area contributed by atoms with Gasteiger partial charge in [0.05, 0.1) is 17.3 Å². The van der Waals surface area contributed by atoms with Gasteiger partial charge in [0, 0.05) is 6.20 Å². The number of alkyl halides is 5. The Bertz CT molecular complexity index is 850. The van der Waals surface area contributed by atoms with Crippen LogP contribution in [0.1, 0.15) is 25.3 Å². The fourth-order valence-electron chi connectivity index (χ4n) is 2.15. The van der Waals surface area contributed by atoms with Crippen LogP contribution in [0.3, 0.4) is 0 Å². The quantitative estimate of drug-likeness (QED) is 0.477. The van der Waals surface area contributed by atoms with Crippen molar-refractivity contribution in [1.82, 2.24) is 9.97 Å². The lowest BCUT2D eigenvalue weighted by Gasteiger charge is -2.08. The zero-order valence-corrected chi connectivity index (χ0v) is 14.8. The number of allylic oxidation sites excluding steroid dienone is 3. The van der Waals surface area contributed by atoms with E-state index in [1.807, 2.05) is 0 Å². The predicted octanol–water partition coefficient (Wildman–Crippen LogP) is 5.60. The smallest absolute Gasteiger partial charge is 0.416 e. The van der Waals surface area contributed by atoms with E-state index in [9.17, 15) is 22.0 Å². The highest BCUT2D eigenvalue weighted by molar-refractivity contribution is 5.65. The van der Waals surface area contributed by atoms with Gasteiger partial charge in [-0.15, -0.1) is 0 Å². The third-order valence-electron chi connectivity index (χ3n) is 3.28. The summed E-state index contributed by atoms with van der Waals surface area (Å²) < 4.78 is 74.7. The Kier molecular flexibility index (Phi) is 6.35. The van der Waals surface area contributed by atoms with Crippen molar-refractivity contribution in [3.8, 4) is 17.2 Å². The lowest BCUT2D eigenvalue weighted by Crippen LogP contribution is -2.10. The Morgan fingerprint density at radius 2 is 2.00 bits per heavy atom. The average Bonchev–Trinajstić information content (AvgIpc) is 2.92. The molecular weight excluding hydrogens is 371 g/mol. The van der Waals surface area contributed by atoms with Crippen LogP contribution in [0, 0.1) is 6.92 Å².